The third-order valence-corrected chi connectivity index (χ3v) is 10.6. The van der Waals surface area contributed by atoms with Crippen LogP contribution in [-0.2, 0) is 23.7 Å². The van der Waals surface area contributed by atoms with Gasteiger partial charge in [0.1, 0.15) is 48.8 Å². The van der Waals surface area contributed by atoms with E-state index in [0.29, 0.717) is 19.3 Å². The third kappa shape index (κ3) is 17.8. The van der Waals surface area contributed by atoms with Gasteiger partial charge in [-0.1, -0.05) is 129 Å². The summed E-state index contributed by atoms with van der Waals surface area (Å²) >= 11 is 0. The zero-order valence-corrected chi connectivity index (χ0v) is 32.5. The summed E-state index contributed by atoms with van der Waals surface area (Å²) in [6.45, 7) is 2.69. The highest BCUT2D eigenvalue weighted by molar-refractivity contribution is 5.76. The van der Waals surface area contributed by atoms with Crippen molar-refractivity contribution >= 4 is 5.91 Å². The molecule has 0 aliphatic carbocycles. The maximum absolute atomic E-state index is 12.8. The minimum absolute atomic E-state index is 0.225. The van der Waals surface area contributed by atoms with Gasteiger partial charge in [0.2, 0.25) is 5.91 Å². The third-order valence-electron chi connectivity index (χ3n) is 10.6. The molecule has 2 aliphatic heterocycles. The van der Waals surface area contributed by atoms with Gasteiger partial charge in [-0.15, -0.1) is 0 Å². The van der Waals surface area contributed by atoms with Gasteiger partial charge >= 0.3 is 0 Å². The van der Waals surface area contributed by atoms with E-state index >= 15 is 0 Å². The molecule has 2 aliphatic rings. The van der Waals surface area contributed by atoms with E-state index in [-0.39, 0.29) is 12.5 Å². The van der Waals surface area contributed by atoms with Gasteiger partial charge in [-0.3, -0.25) is 4.79 Å². The molecule has 0 bridgehead atoms. The highest BCUT2D eigenvalue weighted by Gasteiger charge is 2.50. The van der Waals surface area contributed by atoms with Crippen LogP contribution in [0.5, 0.6) is 0 Å². The lowest BCUT2D eigenvalue weighted by Crippen LogP contribution is -2.65. The average molecular weight is 766 g/mol. The Hall–Kier alpha value is -1.01. The van der Waals surface area contributed by atoms with Crippen molar-refractivity contribution in [2.75, 3.05) is 19.8 Å². The lowest BCUT2D eigenvalue weighted by atomic mass is 9.97. The summed E-state index contributed by atoms with van der Waals surface area (Å²) < 4.78 is 22.5. The van der Waals surface area contributed by atoms with E-state index in [1.807, 2.05) is 0 Å². The van der Waals surface area contributed by atoms with Crippen LogP contribution in [0.3, 0.4) is 0 Å². The molecule has 0 aromatic carbocycles. The van der Waals surface area contributed by atoms with Crippen LogP contribution in [0, 0.1) is 0 Å². The summed E-state index contributed by atoms with van der Waals surface area (Å²) in [5.41, 5.74) is 0. The van der Waals surface area contributed by atoms with Gasteiger partial charge in [-0.2, -0.15) is 0 Å². The smallest absolute Gasteiger partial charge is 0.220 e. The highest BCUT2D eigenvalue weighted by Crippen LogP contribution is 2.30. The maximum Gasteiger partial charge on any atom is 0.220 e. The number of unbranched alkanes of at least 4 members (excludes halogenated alkanes) is 17. The molecule has 2 fully saturated rings. The van der Waals surface area contributed by atoms with E-state index < -0.39 is 86.8 Å². The van der Waals surface area contributed by atoms with Gasteiger partial charge in [0, 0.05) is 6.42 Å². The summed E-state index contributed by atoms with van der Waals surface area (Å²) in [6, 6.07) is -0.816. The monoisotopic (exact) mass is 766 g/mol. The number of ether oxygens (including phenoxy) is 4. The Balaban J connectivity index is 1.84. The van der Waals surface area contributed by atoms with E-state index in [2.05, 4.69) is 19.2 Å². The summed E-state index contributed by atoms with van der Waals surface area (Å²) in [7, 11) is 0. The Morgan fingerprint density at radius 2 is 1.08 bits per heavy atom. The van der Waals surface area contributed by atoms with Crippen molar-refractivity contribution in [3.8, 4) is 0 Å². The topological polar surface area (TPSA) is 228 Å². The first-order valence-electron chi connectivity index (χ1n) is 20.8. The maximum atomic E-state index is 12.8. The van der Waals surface area contributed by atoms with Crippen LogP contribution >= 0.6 is 0 Å². The van der Waals surface area contributed by atoms with E-state index in [0.717, 1.165) is 44.9 Å². The Bertz CT molecular complexity index is 915. The van der Waals surface area contributed by atoms with Crippen molar-refractivity contribution < 1.29 is 64.6 Å². The Labute approximate surface area is 317 Å². The molecule has 0 aromatic heterocycles. The fraction of sp³-hybridized carbons (Fsp3) is 0.974. The number of hydrogen-bond donors (Lipinski definition) is 9. The predicted molar refractivity (Wildman–Crippen MR) is 199 cm³/mol. The first-order chi connectivity index (χ1) is 25.6. The van der Waals surface area contributed by atoms with Gasteiger partial charge in [0.25, 0.3) is 0 Å². The van der Waals surface area contributed by atoms with Gasteiger partial charge in [-0.25, -0.2) is 0 Å². The molecule has 0 radical (unpaired) electrons. The summed E-state index contributed by atoms with van der Waals surface area (Å²) in [6.07, 6.45) is 6.20. The number of aliphatic hydroxyl groups excluding tert-OH is 8. The number of aliphatic hydroxyl groups is 8. The molecular weight excluding hydrogens is 690 g/mol. The normalized spacial score (nSPS) is 30.3. The molecular formula is C39H75NO13. The molecule has 12 atom stereocenters. The fourth-order valence-electron chi connectivity index (χ4n) is 7.06. The number of rotatable bonds is 30. The number of hydrogen-bond acceptors (Lipinski definition) is 13. The first-order valence-corrected chi connectivity index (χ1v) is 20.8. The van der Waals surface area contributed by atoms with E-state index in [4.69, 9.17) is 18.9 Å². The number of carbonyl (C=O) groups excluding carboxylic acids is 1. The molecule has 2 saturated heterocycles. The van der Waals surface area contributed by atoms with Crippen molar-refractivity contribution in [3.05, 3.63) is 0 Å². The second-order valence-corrected chi connectivity index (χ2v) is 15.1. The standard InChI is InChI=1S/C39H75NO13/c1-3-5-7-9-10-11-12-13-14-15-16-17-18-19-20-22-28(43)27(40-31(44)23-21-8-6-4-2)26-50-38-36(49)34(47)37(30(25-42)52-38)53-39-35(48)33(46)32(45)29(24-41)51-39/h27-30,32-39,41-43,45-49H,3-26H2,1-2H3,(H,40,44). The molecule has 2 rings (SSSR count). The SMILES string of the molecule is CCCCCCCCCCCCCCCCCC(O)C(COC1OC(CO)C(OC2OC(CO)C(O)C(O)C2O)C(O)C1O)NC(=O)CCCCCC. The van der Waals surface area contributed by atoms with Crippen molar-refractivity contribution in [2.45, 2.75) is 222 Å². The molecule has 1 amide bonds. The molecule has 314 valence electrons. The molecule has 14 heteroatoms. The lowest BCUT2D eigenvalue weighted by Gasteiger charge is -2.46. The van der Waals surface area contributed by atoms with Crippen molar-refractivity contribution in [3.63, 3.8) is 0 Å². The van der Waals surface area contributed by atoms with Crippen LogP contribution < -0.4 is 5.32 Å². The fourth-order valence-corrected chi connectivity index (χ4v) is 7.06. The van der Waals surface area contributed by atoms with Gasteiger partial charge in [0.05, 0.1) is 32.0 Å². The molecule has 53 heavy (non-hydrogen) atoms. The summed E-state index contributed by atoms with van der Waals surface area (Å²) in [5, 5.41) is 86.0. The van der Waals surface area contributed by atoms with Gasteiger partial charge < -0.3 is 65.1 Å². The Kier molecular flexibility index (Phi) is 25.8. The molecule has 0 aromatic rings. The van der Waals surface area contributed by atoms with Crippen molar-refractivity contribution in [1.82, 2.24) is 5.32 Å². The van der Waals surface area contributed by atoms with E-state index in [1.165, 1.54) is 70.6 Å². The number of nitrogens with one attached hydrogen (secondary N) is 1. The van der Waals surface area contributed by atoms with Crippen LogP contribution in [-0.4, -0.2) is 140 Å². The predicted octanol–water partition coefficient (Wildman–Crippen LogP) is 2.70. The molecule has 14 nitrogen and oxygen atoms in total. The van der Waals surface area contributed by atoms with E-state index in [1.54, 1.807) is 0 Å². The van der Waals surface area contributed by atoms with Crippen molar-refractivity contribution in [2.24, 2.45) is 0 Å². The lowest BCUT2D eigenvalue weighted by molar-refractivity contribution is -0.359. The van der Waals surface area contributed by atoms with Gasteiger partial charge in [0.15, 0.2) is 12.6 Å². The number of amides is 1. The Morgan fingerprint density at radius 3 is 1.60 bits per heavy atom. The molecule has 0 saturated carbocycles. The largest absolute Gasteiger partial charge is 0.394 e. The molecule has 9 N–H and O–H groups in total. The summed E-state index contributed by atoms with van der Waals surface area (Å²) in [4.78, 5) is 12.8. The highest BCUT2D eigenvalue weighted by atomic mass is 16.7. The molecule has 12 unspecified atom stereocenters. The summed E-state index contributed by atoms with van der Waals surface area (Å²) in [5.74, 6) is -0.225. The van der Waals surface area contributed by atoms with Crippen LogP contribution in [0.25, 0.3) is 0 Å². The second-order valence-electron chi connectivity index (χ2n) is 15.1. The van der Waals surface area contributed by atoms with E-state index in [9.17, 15) is 45.6 Å². The molecule has 0 spiro atoms. The quantitative estimate of drug-likeness (QED) is 0.0480. The minimum Gasteiger partial charge on any atom is -0.394 e. The van der Waals surface area contributed by atoms with Crippen molar-refractivity contribution in [1.29, 1.82) is 0 Å². The van der Waals surface area contributed by atoms with Crippen LogP contribution in [0.4, 0.5) is 0 Å². The first kappa shape index (κ1) is 48.1. The zero-order valence-electron chi connectivity index (χ0n) is 32.5. The number of carbonyl (C=O) groups is 1. The minimum atomic E-state index is -1.78. The van der Waals surface area contributed by atoms with Crippen LogP contribution in [0.1, 0.15) is 149 Å². The molecule has 2 heterocycles. The van der Waals surface area contributed by atoms with Crippen LogP contribution in [0.15, 0.2) is 0 Å². The Morgan fingerprint density at radius 1 is 0.604 bits per heavy atom. The average Bonchev–Trinajstić information content (AvgIpc) is 3.15. The second kappa shape index (κ2) is 28.4. The zero-order chi connectivity index (χ0) is 39.0. The van der Waals surface area contributed by atoms with Crippen LogP contribution in [0.2, 0.25) is 0 Å². The van der Waals surface area contributed by atoms with Gasteiger partial charge in [-0.05, 0) is 12.8 Å².